The van der Waals surface area contributed by atoms with Gasteiger partial charge >= 0.3 is 6.03 Å². The Balaban J connectivity index is 2.28. The molecule has 2 atom stereocenters. The smallest absolute Gasteiger partial charge is 0.318 e. The average molecular weight is 158 g/mol. The van der Waals surface area contributed by atoms with Crippen LogP contribution in [0.3, 0.4) is 0 Å². The first-order valence-corrected chi connectivity index (χ1v) is 3.28. The van der Waals surface area contributed by atoms with Gasteiger partial charge in [-0.15, -0.1) is 0 Å². The van der Waals surface area contributed by atoms with Crippen LogP contribution in [0.5, 0.6) is 0 Å². The fourth-order valence-corrected chi connectivity index (χ4v) is 0.922. The van der Waals surface area contributed by atoms with Crippen LogP contribution in [0.4, 0.5) is 4.79 Å². The van der Waals surface area contributed by atoms with Crippen LogP contribution in [0.2, 0.25) is 0 Å². The number of hydrogen-bond acceptors (Lipinski definition) is 3. The Morgan fingerprint density at radius 1 is 1.64 bits per heavy atom. The molecule has 0 aromatic rings. The van der Waals surface area contributed by atoms with Gasteiger partial charge in [0.2, 0.25) is 5.91 Å². The monoisotopic (exact) mass is 158 g/mol. The van der Waals surface area contributed by atoms with Gasteiger partial charge in [-0.05, 0) is 6.42 Å². The van der Waals surface area contributed by atoms with Crippen LogP contribution in [0, 0.1) is 5.92 Å². The van der Waals surface area contributed by atoms with E-state index in [-0.39, 0.29) is 17.9 Å². The van der Waals surface area contributed by atoms with E-state index in [1.807, 2.05) is 5.32 Å². The Bertz CT molecular complexity index is 192. The Morgan fingerprint density at radius 3 is 2.64 bits per heavy atom. The van der Waals surface area contributed by atoms with Crippen molar-refractivity contribution in [2.45, 2.75) is 12.5 Å². The molecule has 1 saturated carbocycles. The zero-order valence-corrected chi connectivity index (χ0v) is 6.16. The maximum absolute atomic E-state index is 10.9. The van der Waals surface area contributed by atoms with E-state index in [1.54, 1.807) is 0 Å². The molecular weight excluding hydrogens is 148 g/mol. The first kappa shape index (κ1) is 8.00. The van der Waals surface area contributed by atoms with Crippen molar-refractivity contribution in [2.75, 3.05) is 7.11 Å². The summed E-state index contributed by atoms with van der Waals surface area (Å²) in [6.45, 7) is 0. The van der Waals surface area contributed by atoms with E-state index >= 15 is 0 Å². The van der Waals surface area contributed by atoms with Gasteiger partial charge in [0.05, 0.1) is 12.0 Å². The van der Waals surface area contributed by atoms with Gasteiger partial charge in [-0.2, -0.15) is 0 Å². The molecule has 1 aliphatic carbocycles. The molecule has 5 nitrogen and oxygen atoms in total. The largest absolute Gasteiger partial charge is 0.381 e. The molecule has 5 heteroatoms. The van der Waals surface area contributed by atoms with Crippen LogP contribution >= 0.6 is 0 Å². The number of primary amides is 1. The first-order chi connectivity index (χ1) is 5.15. The van der Waals surface area contributed by atoms with E-state index in [4.69, 9.17) is 10.5 Å². The molecule has 3 amide bonds. The number of rotatable bonds is 2. The minimum absolute atomic E-state index is 0.0330. The summed E-state index contributed by atoms with van der Waals surface area (Å²) in [5.41, 5.74) is 4.73. The van der Waals surface area contributed by atoms with Crippen LogP contribution in [0.1, 0.15) is 6.42 Å². The molecule has 0 bridgehead atoms. The van der Waals surface area contributed by atoms with Crippen molar-refractivity contribution in [3.05, 3.63) is 0 Å². The Labute approximate surface area is 63.9 Å². The van der Waals surface area contributed by atoms with Gasteiger partial charge in [-0.25, -0.2) is 4.79 Å². The molecule has 0 saturated heterocycles. The van der Waals surface area contributed by atoms with Crippen molar-refractivity contribution >= 4 is 11.9 Å². The molecule has 1 fully saturated rings. The first-order valence-electron chi connectivity index (χ1n) is 3.28. The van der Waals surface area contributed by atoms with E-state index in [9.17, 15) is 9.59 Å². The molecule has 62 valence electrons. The lowest BCUT2D eigenvalue weighted by atomic mass is 10.4. The maximum atomic E-state index is 10.9. The molecule has 2 unspecified atom stereocenters. The second-order valence-corrected chi connectivity index (χ2v) is 2.47. The number of imide groups is 1. The molecule has 0 aliphatic heterocycles. The predicted molar refractivity (Wildman–Crippen MR) is 36.6 cm³/mol. The maximum Gasteiger partial charge on any atom is 0.318 e. The van der Waals surface area contributed by atoms with Crippen LogP contribution in [0.15, 0.2) is 0 Å². The van der Waals surface area contributed by atoms with Gasteiger partial charge in [0.1, 0.15) is 0 Å². The van der Waals surface area contributed by atoms with E-state index in [0.717, 1.165) is 0 Å². The summed E-state index contributed by atoms with van der Waals surface area (Å²) in [4.78, 5) is 21.1. The summed E-state index contributed by atoms with van der Waals surface area (Å²) in [6, 6.07) is -0.809. The van der Waals surface area contributed by atoms with Crippen LogP contribution < -0.4 is 11.1 Å². The molecule has 0 aromatic heterocycles. The van der Waals surface area contributed by atoms with Crippen molar-refractivity contribution in [1.29, 1.82) is 0 Å². The quantitative estimate of drug-likeness (QED) is 0.553. The third-order valence-electron chi connectivity index (χ3n) is 1.62. The Morgan fingerprint density at radius 2 is 2.27 bits per heavy atom. The zero-order chi connectivity index (χ0) is 8.43. The lowest BCUT2D eigenvalue weighted by Crippen LogP contribution is -2.36. The lowest BCUT2D eigenvalue weighted by Gasteiger charge is -1.97. The van der Waals surface area contributed by atoms with Gasteiger partial charge in [0.25, 0.3) is 0 Å². The number of ether oxygens (including phenoxy) is 1. The topological polar surface area (TPSA) is 81.4 Å². The van der Waals surface area contributed by atoms with E-state index in [0.29, 0.717) is 6.42 Å². The molecule has 11 heavy (non-hydrogen) atoms. The highest BCUT2D eigenvalue weighted by Gasteiger charge is 2.43. The highest BCUT2D eigenvalue weighted by molar-refractivity contribution is 5.96. The Hall–Kier alpha value is -1.10. The lowest BCUT2D eigenvalue weighted by molar-refractivity contribution is -0.121. The molecule has 0 radical (unpaired) electrons. The van der Waals surface area contributed by atoms with Crippen LogP contribution in [-0.4, -0.2) is 25.2 Å². The third-order valence-corrected chi connectivity index (χ3v) is 1.62. The summed E-state index contributed by atoms with van der Waals surface area (Å²) in [6.07, 6.45) is 0.643. The standard InChI is InChI=1S/C6H10N2O3/c1-11-4-2-3(4)5(9)8-6(7)10/h3-4H,2H2,1H3,(H3,7,8,9,10). The molecule has 3 N–H and O–H groups in total. The SMILES string of the molecule is COC1CC1C(=O)NC(N)=O. The number of urea groups is 1. The second-order valence-electron chi connectivity index (χ2n) is 2.47. The summed E-state index contributed by atoms with van der Waals surface area (Å²) in [7, 11) is 1.53. The fourth-order valence-electron chi connectivity index (χ4n) is 0.922. The van der Waals surface area contributed by atoms with Crippen molar-refractivity contribution in [2.24, 2.45) is 11.7 Å². The normalized spacial score (nSPS) is 27.7. The number of carbonyl (C=O) groups excluding carboxylic acids is 2. The number of nitrogens with two attached hydrogens (primary N) is 1. The number of amides is 3. The van der Waals surface area contributed by atoms with Crippen molar-refractivity contribution in [3.8, 4) is 0 Å². The molecule has 0 spiro atoms. The van der Waals surface area contributed by atoms with E-state index < -0.39 is 6.03 Å². The number of hydrogen-bond donors (Lipinski definition) is 2. The molecule has 0 aromatic carbocycles. The minimum atomic E-state index is -0.809. The molecule has 0 heterocycles. The van der Waals surface area contributed by atoms with Gasteiger partial charge in [0.15, 0.2) is 0 Å². The fraction of sp³-hybridized carbons (Fsp3) is 0.667. The van der Waals surface area contributed by atoms with Gasteiger partial charge in [-0.3, -0.25) is 10.1 Å². The Kier molecular flexibility index (Phi) is 2.09. The van der Waals surface area contributed by atoms with Crippen molar-refractivity contribution in [3.63, 3.8) is 0 Å². The number of carbonyl (C=O) groups is 2. The van der Waals surface area contributed by atoms with Crippen LogP contribution in [-0.2, 0) is 9.53 Å². The third kappa shape index (κ3) is 1.91. The van der Waals surface area contributed by atoms with Crippen molar-refractivity contribution in [1.82, 2.24) is 5.32 Å². The summed E-state index contributed by atoms with van der Waals surface area (Å²) < 4.78 is 4.86. The van der Waals surface area contributed by atoms with E-state index in [1.165, 1.54) is 7.11 Å². The second kappa shape index (κ2) is 2.87. The van der Waals surface area contributed by atoms with Gasteiger partial charge in [0, 0.05) is 7.11 Å². The summed E-state index contributed by atoms with van der Waals surface area (Å²) in [5, 5.41) is 1.99. The minimum Gasteiger partial charge on any atom is -0.381 e. The number of methoxy groups -OCH3 is 1. The molecule has 1 rings (SSSR count). The highest BCUT2D eigenvalue weighted by atomic mass is 16.5. The van der Waals surface area contributed by atoms with Crippen LogP contribution in [0.25, 0.3) is 0 Å². The van der Waals surface area contributed by atoms with Crippen molar-refractivity contribution < 1.29 is 14.3 Å². The average Bonchev–Trinajstić information content (AvgIpc) is 2.63. The van der Waals surface area contributed by atoms with E-state index in [2.05, 4.69) is 0 Å². The molecule has 1 aliphatic rings. The molecular formula is C6H10N2O3. The highest BCUT2D eigenvalue weighted by Crippen LogP contribution is 2.32. The summed E-state index contributed by atoms with van der Waals surface area (Å²) >= 11 is 0. The number of nitrogens with one attached hydrogen (secondary N) is 1. The predicted octanol–water partition coefficient (Wildman–Crippen LogP) is -0.784. The zero-order valence-electron chi connectivity index (χ0n) is 6.16. The van der Waals surface area contributed by atoms with Gasteiger partial charge < -0.3 is 10.5 Å². The van der Waals surface area contributed by atoms with Gasteiger partial charge in [-0.1, -0.05) is 0 Å². The summed E-state index contributed by atoms with van der Waals surface area (Å²) in [5.74, 6) is -0.531.